The molecule has 3 heterocycles. The van der Waals surface area contributed by atoms with Crippen molar-refractivity contribution in [3.8, 4) is 0 Å². The van der Waals surface area contributed by atoms with E-state index in [1.165, 1.54) is 23.5 Å². The molecule has 1 aromatic heterocycles. The van der Waals surface area contributed by atoms with Crippen molar-refractivity contribution < 1.29 is 9.59 Å². The number of benzene rings is 1. The molecule has 2 aromatic rings. The number of aryl methyl sites for hydroxylation is 2. The van der Waals surface area contributed by atoms with Crippen LogP contribution in [-0.4, -0.2) is 52.2 Å². The van der Waals surface area contributed by atoms with Gasteiger partial charge in [-0.3, -0.25) is 18.7 Å². The summed E-state index contributed by atoms with van der Waals surface area (Å²) >= 11 is 2.75. The van der Waals surface area contributed by atoms with Crippen molar-refractivity contribution in [1.29, 1.82) is 0 Å². The van der Waals surface area contributed by atoms with E-state index in [9.17, 15) is 14.4 Å². The number of rotatable bonds is 0. The van der Waals surface area contributed by atoms with E-state index in [0.29, 0.717) is 16.4 Å². The first-order chi connectivity index (χ1) is 12.3. The van der Waals surface area contributed by atoms with Crippen LogP contribution in [0.4, 0.5) is 5.69 Å². The molecule has 2 amide bonds. The summed E-state index contributed by atoms with van der Waals surface area (Å²) in [6, 6.07) is 3.78. The maximum atomic E-state index is 12.9. The molecule has 0 bridgehead atoms. The number of carbonyl (C=O) groups excluding carboxylic acids is 2. The van der Waals surface area contributed by atoms with E-state index >= 15 is 0 Å². The van der Waals surface area contributed by atoms with Gasteiger partial charge in [0.15, 0.2) is 0 Å². The van der Waals surface area contributed by atoms with Gasteiger partial charge in [0.1, 0.15) is 0 Å². The summed E-state index contributed by atoms with van der Waals surface area (Å²) in [6.07, 6.45) is 0. The highest BCUT2D eigenvalue weighted by Gasteiger charge is 2.34. The molecule has 1 fully saturated rings. The number of carbonyl (C=O) groups is 2. The maximum absolute atomic E-state index is 12.9. The minimum atomic E-state index is -0.186. The first kappa shape index (κ1) is 17.3. The lowest BCUT2D eigenvalue weighted by Crippen LogP contribution is -2.37. The zero-order valence-corrected chi connectivity index (χ0v) is 16.5. The monoisotopic (exact) mass is 390 g/mol. The van der Waals surface area contributed by atoms with Gasteiger partial charge in [0.05, 0.1) is 26.5 Å². The normalized spacial score (nSPS) is 20.9. The van der Waals surface area contributed by atoms with Gasteiger partial charge in [-0.05, 0) is 12.1 Å². The molecule has 0 saturated carbocycles. The van der Waals surface area contributed by atoms with Gasteiger partial charge in [0.25, 0.3) is 11.8 Å². The average Bonchev–Trinajstić information content (AvgIpc) is 2.83. The topological polar surface area (TPSA) is 67.5 Å². The van der Waals surface area contributed by atoms with Crippen LogP contribution in [0, 0.1) is 0 Å². The summed E-state index contributed by atoms with van der Waals surface area (Å²) in [5.41, 5.74) is 2.21. The SMILES string of the molecule is CN1CCS/C(=C2\Sc3cc4c(cc3N(C)C2=O)n(C)c(=O)n4C)C1=O. The van der Waals surface area contributed by atoms with Crippen LogP contribution in [0.5, 0.6) is 0 Å². The number of anilines is 1. The number of fused-ring (bicyclic) bond motifs is 2. The summed E-state index contributed by atoms with van der Waals surface area (Å²) in [4.78, 5) is 42.7. The van der Waals surface area contributed by atoms with E-state index in [1.54, 1.807) is 47.1 Å². The van der Waals surface area contributed by atoms with Gasteiger partial charge in [-0.1, -0.05) is 11.8 Å². The molecule has 0 atom stereocenters. The molecule has 2 aliphatic heterocycles. The van der Waals surface area contributed by atoms with Crippen molar-refractivity contribution in [3.63, 3.8) is 0 Å². The molecule has 0 radical (unpaired) electrons. The smallest absolute Gasteiger partial charge is 0.328 e. The van der Waals surface area contributed by atoms with E-state index in [-0.39, 0.29) is 17.5 Å². The zero-order chi connectivity index (χ0) is 18.7. The summed E-state index contributed by atoms with van der Waals surface area (Å²) in [5.74, 6) is 0.480. The van der Waals surface area contributed by atoms with Crippen molar-refractivity contribution >= 4 is 52.1 Å². The minimum Gasteiger partial charge on any atom is -0.340 e. The second kappa shape index (κ2) is 5.95. The molecule has 9 heteroatoms. The fourth-order valence-corrected chi connectivity index (χ4v) is 5.67. The predicted octanol–water partition coefficient (Wildman–Crippen LogP) is 1.36. The fourth-order valence-electron chi connectivity index (χ4n) is 3.20. The van der Waals surface area contributed by atoms with Crippen LogP contribution in [-0.2, 0) is 23.7 Å². The van der Waals surface area contributed by atoms with E-state index in [1.807, 2.05) is 12.1 Å². The van der Waals surface area contributed by atoms with Crippen molar-refractivity contribution in [1.82, 2.24) is 14.0 Å². The molecule has 0 unspecified atom stereocenters. The molecule has 0 spiro atoms. The third-order valence-corrected chi connectivity index (χ3v) is 7.16. The van der Waals surface area contributed by atoms with E-state index < -0.39 is 0 Å². The van der Waals surface area contributed by atoms with Gasteiger partial charge >= 0.3 is 5.69 Å². The number of imidazole rings is 1. The first-order valence-corrected chi connectivity index (χ1v) is 9.89. The molecule has 0 N–H and O–H groups in total. The Morgan fingerprint density at radius 1 is 0.885 bits per heavy atom. The minimum absolute atomic E-state index is 0.109. The van der Waals surface area contributed by atoms with Crippen molar-refractivity contribution in [3.05, 3.63) is 32.4 Å². The number of hydrogen-bond acceptors (Lipinski definition) is 5. The van der Waals surface area contributed by atoms with E-state index in [0.717, 1.165) is 27.4 Å². The number of likely N-dealkylation sites (N-methyl/N-ethyl adjacent to an activating group) is 2. The van der Waals surface area contributed by atoms with E-state index in [4.69, 9.17) is 0 Å². The van der Waals surface area contributed by atoms with Crippen LogP contribution in [0.15, 0.2) is 31.6 Å². The molecular weight excluding hydrogens is 372 g/mol. The van der Waals surface area contributed by atoms with Crippen molar-refractivity contribution in [2.45, 2.75) is 4.90 Å². The largest absolute Gasteiger partial charge is 0.340 e. The Bertz CT molecular complexity index is 1070. The van der Waals surface area contributed by atoms with Gasteiger partial charge < -0.3 is 9.80 Å². The second-order valence-corrected chi connectivity index (χ2v) is 8.57. The summed E-state index contributed by atoms with van der Waals surface area (Å²) in [6.45, 7) is 0.679. The van der Waals surface area contributed by atoms with Gasteiger partial charge in [0.2, 0.25) is 0 Å². The fraction of sp³-hybridized carbons (Fsp3) is 0.353. The molecule has 26 heavy (non-hydrogen) atoms. The quantitative estimate of drug-likeness (QED) is 0.636. The highest BCUT2D eigenvalue weighted by Crippen LogP contribution is 2.46. The Morgan fingerprint density at radius 2 is 1.54 bits per heavy atom. The Balaban J connectivity index is 1.92. The van der Waals surface area contributed by atoms with Gasteiger partial charge in [-0.2, -0.15) is 0 Å². The average molecular weight is 390 g/mol. The molecule has 4 rings (SSSR count). The van der Waals surface area contributed by atoms with E-state index in [2.05, 4.69) is 0 Å². The third kappa shape index (κ3) is 2.34. The molecule has 2 aliphatic rings. The molecule has 1 saturated heterocycles. The second-order valence-electron chi connectivity index (χ2n) is 6.41. The lowest BCUT2D eigenvalue weighted by atomic mass is 10.2. The highest BCUT2D eigenvalue weighted by molar-refractivity contribution is 8.08. The molecular formula is C17H18N4O3S2. The Morgan fingerprint density at radius 3 is 2.23 bits per heavy atom. The number of nitrogens with zero attached hydrogens (tertiary/aromatic N) is 4. The highest BCUT2D eigenvalue weighted by atomic mass is 32.2. The maximum Gasteiger partial charge on any atom is 0.328 e. The Kier molecular flexibility index (Phi) is 3.96. The molecule has 0 aliphatic carbocycles. The van der Waals surface area contributed by atoms with Crippen LogP contribution in [0.2, 0.25) is 0 Å². The lowest BCUT2D eigenvalue weighted by Gasteiger charge is -2.31. The summed E-state index contributed by atoms with van der Waals surface area (Å²) in [5, 5.41) is 0. The summed E-state index contributed by atoms with van der Waals surface area (Å²) in [7, 11) is 6.90. The van der Waals surface area contributed by atoms with Crippen LogP contribution >= 0.6 is 23.5 Å². The summed E-state index contributed by atoms with van der Waals surface area (Å²) < 4.78 is 3.16. The lowest BCUT2D eigenvalue weighted by molar-refractivity contribution is -0.125. The Labute approximate surface area is 158 Å². The van der Waals surface area contributed by atoms with Crippen molar-refractivity contribution in [2.24, 2.45) is 14.1 Å². The third-order valence-electron chi connectivity index (χ3n) is 4.85. The predicted molar refractivity (Wildman–Crippen MR) is 105 cm³/mol. The molecule has 7 nitrogen and oxygen atoms in total. The number of amides is 2. The standard InChI is InChI=1S/C17H18N4O3S2/c1-18-5-6-25-13(15(18)22)14-16(23)19(2)11-7-9-10(8-12(11)26-14)21(4)17(24)20(9)3/h7-8H,5-6H2,1-4H3/b14-13-. The number of thioether (sulfide) groups is 2. The van der Waals surface area contributed by atoms with Crippen LogP contribution in [0.25, 0.3) is 11.0 Å². The van der Waals surface area contributed by atoms with Crippen LogP contribution in [0.3, 0.4) is 0 Å². The van der Waals surface area contributed by atoms with Gasteiger partial charge in [-0.15, -0.1) is 11.8 Å². The van der Waals surface area contributed by atoms with Gasteiger partial charge in [-0.25, -0.2) is 4.79 Å². The first-order valence-electron chi connectivity index (χ1n) is 8.09. The van der Waals surface area contributed by atoms with Crippen molar-refractivity contribution in [2.75, 3.05) is 31.3 Å². The Hall–Kier alpha value is -2.13. The number of hydrogen-bond donors (Lipinski definition) is 0. The number of aromatic nitrogens is 2. The zero-order valence-electron chi connectivity index (χ0n) is 14.9. The molecule has 136 valence electrons. The molecule has 1 aromatic carbocycles. The van der Waals surface area contributed by atoms with Crippen LogP contribution in [0.1, 0.15) is 0 Å². The van der Waals surface area contributed by atoms with Gasteiger partial charge in [0, 0.05) is 45.4 Å². The van der Waals surface area contributed by atoms with Crippen LogP contribution < -0.4 is 10.6 Å².